The molecule has 0 bridgehead atoms. The molecule has 0 spiro atoms. The molecule has 0 amide bonds. The van der Waals surface area contributed by atoms with Crippen molar-refractivity contribution >= 4 is 43.1 Å². The Hall–Kier alpha value is -2.86. The van der Waals surface area contributed by atoms with Crippen molar-refractivity contribution in [2.75, 3.05) is 0 Å². The number of hydrogen-bond acceptors (Lipinski definition) is 0. The lowest BCUT2D eigenvalue weighted by Crippen LogP contribution is -1.82. The number of benzene rings is 5. The Balaban J connectivity index is 1.97. The molecule has 0 aliphatic carbocycles. The number of hydrogen-bond donors (Lipinski definition) is 0. The van der Waals surface area contributed by atoms with Crippen molar-refractivity contribution in [3.63, 3.8) is 0 Å². The topological polar surface area (TPSA) is 0 Å². The van der Waals surface area contributed by atoms with Crippen molar-refractivity contribution in [1.82, 2.24) is 0 Å². The van der Waals surface area contributed by atoms with Crippen molar-refractivity contribution in [2.45, 2.75) is 6.92 Å². The second kappa shape index (κ2) is 4.57. The Kier molecular flexibility index (Phi) is 2.51. The van der Waals surface area contributed by atoms with Crippen molar-refractivity contribution in [3.8, 4) is 0 Å². The van der Waals surface area contributed by atoms with Gasteiger partial charge in [-0.25, -0.2) is 0 Å². The summed E-state index contributed by atoms with van der Waals surface area (Å²) in [6.07, 6.45) is 0. The summed E-state index contributed by atoms with van der Waals surface area (Å²) in [7, 11) is 0. The Morgan fingerprint density at radius 1 is 0.435 bits per heavy atom. The van der Waals surface area contributed by atoms with Crippen LogP contribution in [-0.2, 0) is 0 Å². The van der Waals surface area contributed by atoms with Crippen molar-refractivity contribution in [1.29, 1.82) is 0 Å². The lowest BCUT2D eigenvalue weighted by molar-refractivity contribution is 1.51. The van der Waals surface area contributed by atoms with E-state index in [2.05, 4.69) is 85.8 Å². The van der Waals surface area contributed by atoms with Gasteiger partial charge < -0.3 is 0 Å². The molecule has 0 aliphatic rings. The van der Waals surface area contributed by atoms with Crippen molar-refractivity contribution in [3.05, 3.63) is 84.4 Å². The second-order valence-electron chi connectivity index (χ2n) is 6.41. The van der Waals surface area contributed by atoms with E-state index in [1.54, 1.807) is 0 Å². The molecule has 0 heteroatoms. The highest BCUT2D eigenvalue weighted by atomic mass is 14.1. The van der Waals surface area contributed by atoms with Gasteiger partial charge in [-0.05, 0) is 74.3 Å². The molecule has 0 aromatic heterocycles. The van der Waals surface area contributed by atoms with E-state index in [0.717, 1.165) is 0 Å². The van der Waals surface area contributed by atoms with Crippen LogP contribution in [0.3, 0.4) is 0 Å². The smallest absolute Gasteiger partial charge is 0.00988 e. The van der Waals surface area contributed by atoms with E-state index in [9.17, 15) is 0 Å². The molecule has 5 aromatic carbocycles. The third-order valence-electron chi connectivity index (χ3n) is 4.81. The number of aryl methyl sites for hydroxylation is 1. The standard InChI is InChI=1S/C23H16/c1-15-6-7-18-14-23-20(12-21(18)10-15)9-8-19-11-16-4-2-3-5-17(16)13-22(19)23/h2-14H,1H3. The van der Waals surface area contributed by atoms with Gasteiger partial charge in [-0.1, -0.05) is 60.2 Å². The van der Waals surface area contributed by atoms with Crippen LogP contribution in [0.15, 0.2) is 78.9 Å². The first-order valence-corrected chi connectivity index (χ1v) is 8.04. The zero-order chi connectivity index (χ0) is 15.4. The van der Waals surface area contributed by atoms with Crippen LogP contribution < -0.4 is 0 Å². The van der Waals surface area contributed by atoms with Gasteiger partial charge in [-0.2, -0.15) is 0 Å². The Labute approximate surface area is 135 Å². The molecule has 0 saturated heterocycles. The molecule has 0 saturated carbocycles. The van der Waals surface area contributed by atoms with Gasteiger partial charge in [0, 0.05) is 0 Å². The van der Waals surface area contributed by atoms with Crippen LogP contribution in [0.5, 0.6) is 0 Å². The monoisotopic (exact) mass is 292 g/mol. The average molecular weight is 292 g/mol. The minimum atomic E-state index is 1.30. The Morgan fingerprint density at radius 3 is 1.65 bits per heavy atom. The van der Waals surface area contributed by atoms with Gasteiger partial charge in [0.2, 0.25) is 0 Å². The Morgan fingerprint density at radius 2 is 0.957 bits per heavy atom. The van der Waals surface area contributed by atoms with E-state index in [4.69, 9.17) is 0 Å². The summed E-state index contributed by atoms with van der Waals surface area (Å²) in [5, 5.41) is 10.5. The molecule has 5 rings (SSSR count). The SMILES string of the molecule is Cc1ccc2cc3c(ccc4cc5ccccc5cc43)cc2c1. The first-order chi connectivity index (χ1) is 11.3. The minimum absolute atomic E-state index is 1.30. The van der Waals surface area contributed by atoms with Crippen LogP contribution in [0.25, 0.3) is 43.1 Å². The lowest BCUT2D eigenvalue weighted by atomic mass is 9.95. The maximum atomic E-state index is 2.33. The second-order valence-corrected chi connectivity index (χ2v) is 6.41. The zero-order valence-corrected chi connectivity index (χ0v) is 13.0. The largest absolute Gasteiger partial charge is 0.0616 e. The first kappa shape index (κ1) is 12.7. The van der Waals surface area contributed by atoms with Gasteiger partial charge >= 0.3 is 0 Å². The molecular formula is C23H16. The third-order valence-corrected chi connectivity index (χ3v) is 4.81. The van der Waals surface area contributed by atoms with E-state index >= 15 is 0 Å². The molecule has 23 heavy (non-hydrogen) atoms. The summed E-state index contributed by atoms with van der Waals surface area (Å²) >= 11 is 0. The molecule has 0 nitrogen and oxygen atoms in total. The molecule has 0 fully saturated rings. The zero-order valence-electron chi connectivity index (χ0n) is 13.0. The number of fused-ring (bicyclic) bond motifs is 5. The van der Waals surface area contributed by atoms with E-state index in [-0.39, 0.29) is 0 Å². The summed E-state index contributed by atoms with van der Waals surface area (Å²) in [5.41, 5.74) is 1.31. The highest BCUT2D eigenvalue weighted by molar-refractivity contribution is 6.15. The van der Waals surface area contributed by atoms with Crippen molar-refractivity contribution < 1.29 is 0 Å². The Bertz CT molecular complexity index is 1210. The summed E-state index contributed by atoms with van der Waals surface area (Å²) in [5.74, 6) is 0. The molecular weight excluding hydrogens is 276 g/mol. The van der Waals surface area contributed by atoms with Crippen LogP contribution in [-0.4, -0.2) is 0 Å². The first-order valence-electron chi connectivity index (χ1n) is 8.04. The molecule has 0 atom stereocenters. The van der Waals surface area contributed by atoms with E-state index in [1.807, 2.05) is 0 Å². The minimum Gasteiger partial charge on any atom is -0.0616 e. The summed E-state index contributed by atoms with van der Waals surface area (Å²) in [4.78, 5) is 0. The molecule has 108 valence electrons. The van der Waals surface area contributed by atoms with Gasteiger partial charge in [0.05, 0.1) is 0 Å². The average Bonchev–Trinajstić information content (AvgIpc) is 2.58. The fraction of sp³-hybridized carbons (Fsp3) is 0.0435. The van der Waals surface area contributed by atoms with Gasteiger partial charge in [-0.15, -0.1) is 0 Å². The highest BCUT2D eigenvalue weighted by Gasteiger charge is 2.05. The highest BCUT2D eigenvalue weighted by Crippen LogP contribution is 2.32. The molecule has 5 aromatic rings. The normalized spacial score (nSPS) is 11.7. The molecule has 0 radical (unpaired) electrons. The maximum Gasteiger partial charge on any atom is -0.00988 e. The summed E-state index contributed by atoms with van der Waals surface area (Å²) < 4.78 is 0. The summed E-state index contributed by atoms with van der Waals surface area (Å²) in [6.45, 7) is 2.15. The van der Waals surface area contributed by atoms with Crippen LogP contribution in [0.4, 0.5) is 0 Å². The lowest BCUT2D eigenvalue weighted by Gasteiger charge is -2.09. The van der Waals surface area contributed by atoms with Crippen LogP contribution in [0.2, 0.25) is 0 Å². The van der Waals surface area contributed by atoms with E-state index in [1.165, 1.54) is 48.7 Å². The van der Waals surface area contributed by atoms with Crippen LogP contribution in [0, 0.1) is 6.92 Å². The predicted octanol–water partition coefficient (Wildman–Crippen LogP) is 6.61. The fourth-order valence-corrected chi connectivity index (χ4v) is 3.61. The quantitative estimate of drug-likeness (QED) is 0.222. The molecule has 0 heterocycles. The van der Waals surface area contributed by atoms with Gasteiger partial charge in [0.1, 0.15) is 0 Å². The van der Waals surface area contributed by atoms with Crippen LogP contribution >= 0.6 is 0 Å². The molecule has 0 unspecified atom stereocenters. The van der Waals surface area contributed by atoms with Gasteiger partial charge in [0.15, 0.2) is 0 Å². The molecule has 0 N–H and O–H groups in total. The van der Waals surface area contributed by atoms with E-state index in [0.29, 0.717) is 0 Å². The van der Waals surface area contributed by atoms with E-state index < -0.39 is 0 Å². The maximum absolute atomic E-state index is 2.33. The summed E-state index contributed by atoms with van der Waals surface area (Å²) in [6, 6.07) is 29.0. The number of rotatable bonds is 0. The van der Waals surface area contributed by atoms with Crippen LogP contribution in [0.1, 0.15) is 5.56 Å². The predicted molar refractivity (Wildman–Crippen MR) is 101 cm³/mol. The third kappa shape index (κ3) is 1.92. The van der Waals surface area contributed by atoms with Gasteiger partial charge in [0.25, 0.3) is 0 Å². The van der Waals surface area contributed by atoms with Crippen molar-refractivity contribution in [2.24, 2.45) is 0 Å². The van der Waals surface area contributed by atoms with Gasteiger partial charge in [-0.3, -0.25) is 0 Å². The fourth-order valence-electron chi connectivity index (χ4n) is 3.61. The molecule has 0 aliphatic heterocycles.